The molecule has 7 heteroatoms. The van der Waals surface area contributed by atoms with E-state index in [0.29, 0.717) is 11.6 Å². The molecule has 5 nitrogen and oxygen atoms in total. The first-order chi connectivity index (χ1) is 12.6. The van der Waals surface area contributed by atoms with E-state index < -0.39 is 5.97 Å². The van der Waals surface area contributed by atoms with Crippen LogP contribution >= 0.6 is 22.7 Å². The summed E-state index contributed by atoms with van der Waals surface area (Å²) in [5.74, 6) is -0.458. The van der Waals surface area contributed by atoms with Gasteiger partial charge in [-0.2, -0.15) is 0 Å². The summed E-state index contributed by atoms with van der Waals surface area (Å²) in [5.41, 5.74) is 1.02. The Balaban J connectivity index is 1.67. The van der Waals surface area contributed by atoms with Gasteiger partial charge in [0.25, 0.3) is 0 Å². The summed E-state index contributed by atoms with van der Waals surface area (Å²) in [6, 6.07) is 3.89. The van der Waals surface area contributed by atoms with Gasteiger partial charge >= 0.3 is 5.97 Å². The highest BCUT2D eigenvalue weighted by atomic mass is 32.1. The van der Waals surface area contributed by atoms with E-state index in [2.05, 4.69) is 17.2 Å². The Morgan fingerprint density at radius 2 is 2.23 bits per heavy atom. The van der Waals surface area contributed by atoms with Crippen molar-refractivity contribution in [3.8, 4) is 0 Å². The van der Waals surface area contributed by atoms with E-state index in [0.717, 1.165) is 47.6 Å². The minimum Gasteiger partial charge on any atom is -0.481 e. The molecule has 2 atom stereocenters. The van der Waals surface area contributed by atoms with Crippen molar-refractivity contribution < 1.29 is 14.7 Å². The fourth-order valence-electron chi connectivity index (χ4n) is 3.62. The molecule has 0 saturated heterocycles. The second-order valence-electron chi connectivity index (χ2n) is 6.80. The number of hydrogen-bond acceptors (Lipinski definition) is 5. The number of rotatable bonds is 9. The fraction of sp³-hybridized carbons (Fsp3) is 0.526. The van der Waals surface area contributed by atoms with E-state index >= 15 is 0 Å². The smallest absolute Gasteiger partial charge is 0.303 e. The van der Waals surface area contributed by atoms with Crippen LogP contribution in [0, 0.1) is 5.92 Å². The van der Waals surface area contributed by atoms with Crippen LogP contribution in [0.3, 0.4) is 0 Å². The predicted octanol–water partition coefficient (Wildman–Crippen LogP) is 4.70. The number of amides is 1. The zero-order valence-corrected chi connectivity index (χ0v) is 16.5. The van der Waals surface area contributed by atoms with E-state index in [9.17, 15) is 14.7 Å². The molecule has 0 saturated carbocycles. The van der Waals surface area contributed by atoms with Gasteiger partial charge in [0.05, 0.1) is 12.1 Å². The number of carbonyl (C=O) groups excluding carboxylic acids is 1. The van der Waals surface area contributed by atoms with E-state index in [1.165, 1.54) is 11.3 Å². The van der Waals surface area contributed by atoms with Gasteiger partial charge in [-0.15, -0.1) is 22.7 Å². The molecule has 2 aromatic rings. The van der Waals surface area contributed by atoms with Gasteiger partial charge in [-0.3, -0.25) is 9.59 Å². The molecular weight excluding hydrogens is 368 g/mol. The first-order valence-electron chi connectivity index (χ1n) is 9.10. The summed E-state index contributed by atoms with van der Waals surface area (Å²) in [7, 11) is 0. The maximum Gasteiger partial charge on any atom is 0.303 e. The number of carboxylic acids is 1. The Labute approximate surface area is 161 Å². The van der Waals surface area contributed by atoms with Gasteiger partial charge in [0, 0.05) is 22.1 Å². The van der Waals surface area contributed by atoms with Gasteiger partial charge in [0.1, 0.15) is 0 Å². The number of thiazole rings is 1. The van der Waals surface area contributed by atoms with Crippen molar-refractivity contribution in [1.29, 1.82) is 0 Å². The number of fused-ring (bicyclic) bond motifs is 1. The zero-order chi connectivity index (χ0) is 18.5. The summed E-state index contributed by atoms with van der Waals surface area (Å²) in [6.07, 6.45) is 5.68. The molecule has 2 unspecified atom stereocenters. The second kappa shape index (κ2) is 8.77. The van der Waals surface area contributed by atoms with Gasteiger partial charge in [-0.1, -0.05) is 32.3 Å². The van der Waals surface area contributed by atoms with Crippen molar-refractivity contribution in [2.24, 2.45) is 5.92 Å². The number of unbranched alkanes of at least 4 members (excludes halogenated alkanes) is 2. The third kappa shape index (κ3) is 4.71. The van der Waals surface area contributed by atoms with Gasteiger partial charge in [-0.05, 0) is 30.2 Å². The first kappa shape index (κ1) is 19.0. The Morgan fingerprint density at radius 1 is 1.38 bits per heavy atom. The average molecular weight is 393 g/mol. The van der Waals surface area contributed by atoms with E-state index in [1.807, 2.05) is 17.5 Å². The summed E-state index contributed by atoms with van der Waals surface area (Å²) in [4.78, 5) is 30.2. The van der Waals surface area contributed by atoms with E-state index in [-0.39, 0.29) is 24.2 Å². The van der Waals surface area contributed by atoms with Crippen LogP contribution in [-0.2, 0) is 22.4 Å². The first-order valence-corrected chi connectivity index (χ1v) is 10.8. The Hall–Kier alpha value is -1.73. The number of aliphatic carboxylic acids is 1. The predicted molar refractivity (Wildman–Crippen MR) is 105 cm³/mol. The van der Waals surface area contributed by atoms with Gasteiger partial charge in [0.2, 0.25) is 5.91 Å². The third-order valence-electron chi connectivity index (χ3n) is 4.81. The molecule has 2 aromatic heterocycles. The number of carboxylic acid groups (broad SMARTS) is 1. The van der Waals surface area contributed by atoms with Crippen molar-refractivity contribution in [2.75, 3.05) is 5.32 Å². The van der Waals surface area contributed by atoms with Crippen molar-refractivity contribution >= 4 is 39.7 Å². The number of aromatic nitrogens is 1. The standard InChI is InChI=1S/C19H24N2O3S2/c1-2-3-4-7-14-12(10-17(23)24)9-15-18(14)21-19(26-15)20-16(22)11-13-6-5-8-25-13/h5-6,8,12,14H,2-4,7,9-11H2,1H3,(H,23,24)(H,20,21,22). The maximum atomic E-state index is 12.2. The van der Waals surface area contributed by atoms with E-state index in [1.54, 1.807) is 11.3 Å². The minimum absolute atomic E-state index is 0.0514. The number of anilines is 1. The molecule has 0 aliphatic heterocycles. The second-order valence-corrected chi connectivity index (χ2v) is 8.91. The highest BCUT2D eigenvalue weighted by Crippen LogP contribution is 2.46. The van der Waals surface area contributed by atoms with Crippen LogP contribution in [0.4, 0.5) is 5.13 Å². The van der Waals surface area contributed by atoms with Crippen molar-refractivity contribution in [2.45, 2.75) is 57.8 Å². The van der Waals surface area contributed by atoms with Crippen LogP contribution in [0.1, 0.15) is 60.4 Å². The van der Waals surface area contributed by atoms with Crippen LogP contribution in [0.25, 0.3) is 0 Å². The fourth-order valence-corrected chi connectivity index (χ4v) is 5.46. The highest BCUT2D eigenvalue weighted by molar-refractivity contribution is 7.16. The van der Waals surface area contributed by atoms with Crippen LogP contribution in [0.2, 0.25) is 0 Å². The molecule has 0 radical (unpaired) electrons. The van der Waals surface area contributed by atoms with Gasteiger partial charge in [-0.25, -0.2) is 4.98 Å². The van der Waals surface area contributed by atoms with Crippen LogP contribution in [0.5, 0.6) is 0 Å². The quantitative estimate of drug-likeness (QED) is 0.606. The molecule has 140 valence electrons. The summed E-state index contributed by atoms with van der Waals surface area (Å²) < 4.78 is 0. The molecule has 0 spiro atoms. The summed E-state index contributed by atoms with van der Waals surface area (Å²) >= 11 is 3.07. The minimum atomic E-state index is -0.741. The zero-order valence-electron chi connectivity index (χ0n) is 14.9. The Morgan fingerprint density at radius 3 is 2.92 bits per heavy atom. The monoisotopic (exact) mass is 392 g/mol. The molecule has 3 rings (SSSR count). The lowest BCUT2D eigenvalue weighted by Crippen LogP contribution is -2.16. The molecule has 2 N–H and O–H groups in total. The SMILES string of the molecule is CCCCCC1c2nc(NC(=O)Cc3cccs3)sc2CC1CC(=O)O. The Bertz CT molecular complexity index is 755. The molecule has 0 aromatic carbocycles. The molecule has 0 bridgehead atoms. The third-order valence-corrected chi connectivity index (χ3v) is 6.70. The normalized spacial score (nSPS) is 18.7. The number of thiophene rings is 1. The van der Waals surface area contributed by atoms with Crippen LogP contribution in [-0.4, -0.2) is 22.0 Å². The molecule has 1 aliphatic carbocycles. The van der Waals surface area contributed by atoms with Gasteiger partial charge < -0.3 is 10.4 Å². The van der Waals surface area contributed by atoms with Gasteiger partial charge in [0.15, 0.2) is 5.13 Å². The molecule has 1 amide bonds. The van der Waals surface area contributed by atoms with Crippen molar-refractivity contribution in [3.05, 3.63) is 33.0 Å². The lowest BCUT2D eigenvalue weighted by Gasteiger charge is -2.18. The molecular formula is C19H24N2O3S2. The summed E-state index contributed by atoms with van der Waals surface area (Å²) in [6.45, 7) is 2.17. The lowest BCUT2D eigenvalue weighted by molar-refractivity contribution is -0.138. The number of nitrogens with one attached hydrogen (secondary N) is 1. The largest absolute Gasteiger partial charge is 0.481 e. The maximum absolute atomic E-state index is 12.2. The molecule has 2 heterocycles. The van der Waals surface area contributed by atoms with Crippen LogP contribution in [0.15, 0.2) is 17.5 Å². The topological polar surface area (TPSA) is 79.3 Å². The molecule has 1 aliphatic rings. The lowest BCUT2D eigenvalue weighted by atomic mass is 9.87. The number of nitrogens with zero attached hydrogens (tertiary/aromatic N) is 1. The highest BCUT2D eigenvalue weighted by Gasteiger charge is 2.36. The molecule has 0 fully saturated rings. The Kier molecular flexibility index (Phi) is 6.43. The average Bonchev–Trinajstić information content (AvgIpc) is 3.26. The summed E-state index contributed by atoms with van der Waals surface area (Å²) in [5, 5.41) is 14.7. The van der Waals surface area contributed by atoms with Crippen molar-refractivity contribution in [1.82, 2.24) is 4.98 Å². The number of hydrogen-bond donors (Lipinski definition) is 2. The van der Waals surface area contributed by atoms with Crippen molar-refractivity contribution in [3.63, 3.8) is 0 Å². The number of carbonyl (C=O) groups is 2. The molecule has 26 heavy (non-hydrogen) atoms. The van der Waals surface area contributed by atoms with E-state index in [4.69, 9.17) is 0 Å². The van der Waals surface area contributed by atoms with Crippen LogP contribution < -0.4 is 5.32 Å².